The molecule has 5 nitrogen and oxygen atoms in total. The van der Waals surface area contributed by atoms with Crippen LogP contribution in [0.15, 0.2) is 12.4 Å². The predicted octanol–water partition coefficient (Wildman–Crippen LogP) is 1.34. The largest absolute Gasteiger partial charge is 0.476 e. The highest BCUT2D eigenvalue weighted by molar-refractivity contribution is 7.99. The van der Waals surface area contributed by atoms with Crippen molar-refractivity contribution in [1.82, 2.24) is 9.97 Å². The zero-order valence-electron chi connectivity index (χ0n) is 8.88. The lowest BCUT2D eigenvalue weighted by atomic mass is 10.1. The zero-order chi connectivity index (χ0) is 11.5. The number of aromatic carboxylic acids is 1. The summed E-state index contributed by atoms with van der Waals surface area (Å²) in [5.41, 5.74) is -0.0283. The van der Waals surface area contributed by atoms with Crippen LogP contribution in [-0.4, -0.2) is 38.6 Å². The van der Waals surface area contributed by atoms with E-state index in [-0.39, 0.29) is 5.69 Å². The van der Waals surface area contributed by atoms with Gasteiger partial charge in [-0.05, 0) is 11.7 Å². The smallest absolute Gasteiger partial charge is 0.356 e. The fourth-order valence-electron chi connectivity index (χ4n) is 1.55. The van der Waals surface area contributed by atoms with Crippen molar-refractivity contribution in [3.05, 3.63) is 18.1 Å². The van der Waals surface area contributed by atoms with E-state index >= 15 is 0 Å². The van der Waals surface area contributed by atoms with E-state index in [1.807, 2.05) is 11.8 Å². The summed E-state index contributed by atoms with van der Waals surface area (Å²) in [5, 5.41) is 11.9. The molecule has 2 atom stereocenters. The second-order valence-electron chi connectivity index (χ2n) is 3.86. The molecule has 0 radical (unpaired) electrons. The zero-order valence-corrected chi connectivity index (χ0v) is 9.70. The average molecular weight is 239 g/mol. The van der Waals surface area contributed by atoms with Gasteiger partial charge in [-0.1, -0.05) is 6.92 Å². The van der Waals surface area contributed by atoms with Gasteiger partial charge in [0.15, 0.2) is 5.69 Å². The van der Waals surface area contributed by atoms with Crippen LogP contribution in [0.2, 0.25) is 0 Å². The lowest BCUT2D eigenvalue weighted by Crippen LogP contribution is -2.26. The van der Waals surface area contributed by atoms with E-state index in [1.165, 1.54) is 12.4 Å². The Morgan fingerprint density at radius 1 is 1.50 bits per heavy atom. The fraction of sp³-hybridized carbons (Fsp3) is 0.500. The number of aromatic nitrogens is 2. The van der Waals surface area contributed by atoms with Gasteiger partial charge in [-0.2, -0.15) is 11.8 Å². The van der Waals surface area contributed by atoms with Crippen LogP contribution in [0.4, 0.5) is 5.82 Å². The maximum atomic E-state index is 10.6. The second kappa shape index (κ2) is 4.69. The monoisotopic (exact) mass is 239 g/mol. The van der Waals surface area contributed by atoms with Crippen LogP contribution in [0, 0.1) is 5.92 Å². The van der Waals surface area contributed by atoms with Crippen LogP contribution in [0.1, 0.15) is 17.4 Å². The van der Waals surface area contributed by atoms with Gasteiger partial charge in [-0.25, -0.2) is 14.8 Å². The molecule has 1 fully saturated rings. The van der Waals surface area contributed by atoms with Gasteiger partial charge < -0.3 is 10.4 Å². The Labute approximate surface area is 97.7 Å². The number of rotatable bonds is 3. The Kier molecular flexibility index (Phi) is 3.28. The summed E-state index contributed by atoms with van der Waals surface area (Å²) in [7, 11) is 0. The number of thioether (sulfide) groups is 1. The van der Waals surface area contributed by atoms with Gasteiger partial charge in [0.05, 0.1) is 12.4 Å². The van der Waals surface area contributed by atoms with Crippen molar-refractivity contribution in [1.29, 1.82) is 0 Å². The lowest BCUT2D eigenvalue weighted by molar-refractivity contribution is 0.0690. The minimum Gasteiger partial charge on any atom is -0.476 e. The number of carbonyl (C=O) groups is 1. The van der Waals surface area contributed by atoms with E-state index in [4.69, 9.17) is 5.11 Å². The molecule has 1 aromatic rings. The van der Waals surface area contributed by atoms with Crippen LogP contribution in [-0.2, 0) is 0 Å². The van der Waals surface area contributed by atoms with Crippen LogP contribution in [0.25, 0.3) is 0 Å². The van der Waals surface area contributed by atoms with Crippen molar-refractivity contribution in [2.75, 3.05) is 16.8 Å². The molecule has 6 heteroatoms. The molecule has 2 rings (SSSR count). The molecule has 1 aliphatic heterocycles. The molecule has 2 N–H and O–H groups in total. The van der Waals surface area contributed by atoms with Crippen LogP contribution < -0.4 is 5.32 Å². The summed E-state index contributed by atoms with van der Waals surface area (Å²) < 4.78 is 0. The second-order valence-corrected chi connectivity index (χ2v) is 4.93. The van der Waals surface area contributed by atoms with Gasteiger partial charge in [0.2, 0.25) is 0 Å². The van der Waals surface area contributed by atoms with Gasteiger partial charge in [0, 0.05) is 11.8 Å². The average Bonchev–Trinajstić information content (AvgIpc) is 2.65. The molecule has 0 bridgehead atoms. The number of carboxylic acid groups (broad SMARTS) is 1. The summed E-state index contributed by atoms with van der Waals surface area (Å²) in [4.78, 5) is 18.4. The minimum atomic E-state index is -1.05. The SMILES string of the molecule is CC1CSCC1Nc1cnc(C(=O)O)cn1. The fourth-order valence-corrected chi connectivity index (χ4v) is 2.95. The summed E-state index contributed by atoms with van der Waals surface area (Å²) in [6.07, 6.45) is 2.75. The molecule has 1 saturated heterocycles. The molecule has 1 aliphatic rings. The lowest BCUT2D eigenvalue weighted by Gasteiger charge is -2.16. The number of nitrogens with zero attached hydrogens (tertiary/aromatic N) is 2. The molecule has 0 amide bonds. The van der Waals surface area contributed by atoms with Crippen LogP contribution >= 0.6 is 11.8 Å². The maximum Gasteiger partial charge on any atom is 0.356 e. The number of nitrogens with one attached hydrogen (secondary N) is 1. The summed E-state index contributed by atoms with van der Waals surface area (Å²) in [6.45, 7) is 2.19. The van der Waals surface area contributed by atoms with Crippen molar-refractivity contribution in [2.24, 2.45) is 5.92 Å². The Morgan fingerprint density at radius 3 is 2.81 bits per heavy atom. The topological polar surface area (TPSA) is 75.1 Å². The van der Waals surface area contributed by atoms with Gasteiger partial charge >= 0.3 is 5.97 Å². The maximum absolute atomic E-state index is 10.6. The highest BCUT2D eigenvalue weighted by Crippen LogP contribution is 2.25. The molecule has 16 heavy (non-hydrogen) atoms. The summed E-state index contributed by atoms with van der Waals surface area (Å²) >= 11 is 1.91. The molecular weight excluding hydrogens is 226 g/mol. The Morgan fingerprint density at radius 2 is 2.31 bits per heavy atom. The normalized spacial score (nSPS) is 24.3. The van der Waals surface area contributed by atoms with Gasteiger partial charge in [0.25, 0.3) is 0 Å². The van der Waals surface area contributed by atoms with E-state index in [0.29, 0.717) is 17.8 Å². The molecule has 2 heterocycles. The molecule has 86 valence electrons. The molecule has 0 spiro atoms. The molecule has 2 unspecified atom stereocenters. The molecule has 1 aromatic heterocycles. The summed E-state index contributed by atoms with van der Waals surface area (Å²) in [6, 6.07) is 0.398. The standard InChI is InChI=1S/C10H13N3O2S/c1-6-4-16-5-8(6)13-9-3-11-7(2-12-9)10(14)15/h2-3,6,8H,4-5H2,1H3,(H,12,13)(H,14,15). The van der Waals surface area contributed by atoms with E-state index in [1.54, 1.807) is 0 Å². The van der Waals surface area contributed by atoms with E-state index in [0.717, 1.165) is 11.5 Å². The van der Waals surface area contributed by atoms with Gasteiger partial charge in [-0.15, -0.1) is 0 Å². The van der Waals surface area contributed by atoms with E-state index < -0.39 is 5.97 Å². The molecular formula is C10H13N3O2S. The Hall–Kier alpha value is -1.30. The Bertz CT molecular complexity index is 382. The predicted molar refractivity (Wildman–Crippen MR) is 62.9 cm³/mol. The first-order chi connectivity index (χ1) is 7.66. The quantitative estimate of drug-likeness (QED) is 0.829. The van der Waals surface area contributed by atoms with Crippen molar-refractivity contribution in [3.63, 3.8) is 0 Å². The van der Waals surface area contributed by atoms with Gasteiger partial charge in [-0.3, -0.25) is 0 Å². The first-order valence-corrected chi connectivity index (χ1v) is 6.22. The highest BCUT2D eigenvalue weighted by atomic mass is 32.2. The van der Waals surface area contributed by atoms with Crippen molar-refractivity contribution >= 4 is 23.5 Å². The third-order valence-electron chi connectivity index (χ3n) is 2.57. The molecule has 0 saturated carbocycles. The number of hydrogen-bond donors (Lipinski definition) is 2. The van der Waals surface area contributed by atoms with Crippen LogP contribution in [0.5, 0.6) is 0 Å². The van der Waals surface area contributed by atoms with Crippen LogP contribution in [0.3, 0.4) is 0 Å². The first kappa shape index (κ1) is 11.2. The van der Waals surface area contributed by atoms with Crippen molar-refractivity contribution in [2.45, 2.75) is 13.0 Å². The number of carboxylic acids is 1. The van der Waals surface area contributed by atoms with Crippen molar-refractivity contribution in [3.8, 4) is 0 Å². The third kappa shape index (κ3) is 2.44. The minimum absolute atomic E-state index is 0.0283. The van der Waals surface area contributed by atoms with E-state index in [2.05, 4.69) is 22.2 Å². The number of anilines is 1. The third-order valence-corrected chi connectivity index (χ3v) is 3.93. The highest BCUT2D eigenvalue weighted by Gasteiger charge is 2.23. The number of hydrogen-bond acceptors (Lipinski definition) is 5. The molecule has 0 aromatic carbocycles. The first-order valence-electron chi connectivity index (χ1n) is 5.06. The summed E-state index contributed by atoms with van der Waals surface area (Å²) in [5.74, 6) is 2.40. The van der Waals surface area contributed by atoms with E-state index in [9.17, 15) is 4.79 Å². The molecule has 0 aliphatic carbocycles. The van der Waals surface area contributed by atoms with Crippen molar-refractivity contribution < 1.29 is 9.90 Å². The van der Waals surface area contributed by atoms with Gasteiger partial charge in [0.1, 0.15) is 5.82 Å². The Balaban J connectivity index is 2.02.